The van der Waals surface area contributed by atoms with Crippen LogP contribution in [0.25, 0.3) is 4.85 Å². The Morgan fingerprint density at radius 1 is 1.31 bits per heavy atom. The van der Waals surface area contributed by atoms with Crippen molar-refractivity contribution in [1.82, 2.24) is 0 Å². The first-order valence-corrected chi connectivity index (χ1v) is 4.75. The lowest BCUT2D eigenvalue weighted by Crippen LogP contribution is -2.29. The Balaban J connectivity index is 2.36. The average Bonchev–Trinajstić information content (AvgIpc) is 2.04. The van der Waals surface area contributed by atoms with Gasteiger partial charge in [-0.25, -0.2) is 15.4 Å². The van der Waals surface area contributed by atoms with Crippen molar-refractivity contribution in [2.45, 2.75) is 38.5 Å². The van der Waals surface area contributed by atoms with E-state index in [1.165, 1.54) is 0 Å². The minimum atomic E-state index is -2.52. The Kier molecular flexibility index (Phi) is 3.24. The third-order valence-corrected chi connectivity index (χ3v) is 2.91. The van der Waals surface area contributed by atoms with Crippen LogP contribution in [0.1, 0.15) is 32.6 Å². The molecule has 0 amide bonds. The molecule has 0 atom stereocenters. The second-order valence-electron chi connectivity index (χ2n) is 4.01. The van der Waals surface area contributed by atoms with E-state index in [0.717, 1.165) is 19.8 Å². The Morgan fingerprint density at radius 3 is 2.23 bits per heavy atom. The monoisotopic (exact) mass is 187 g/mol. The molecular weight excluding hydrogens is 172 g/mol. The van der Waals surface area contributed by atoms with Crippen LogP contribution in [-0.2, 0) is 0 Å². The van der Waals surface area contributed by atoms with Crippen molar-refractivity contribution in [3.8, 4) is 0 Å². The minimum Gasteiger partial charge on any atom is -0.317 e. The summed E-state index contributed by atoms with van der Waals surface area (Å²) in [7, 11) is 0. The van der Waals surface area contributed by atoms with Crippen molar-refractivity contribution < 1.29 is 8.78 Å². The molecule has 0 aromatic carbocycles. The molecule has 1 fully saturated rings. The van der Waals surface area contributed by atoms with E-state index < -0.39 is 11.8 Å². The van der Waals surface area contributed by atoms with E-state index in [-0.39, 0.29) is 0 Å². The van der Waals surface area contributed by atoms with Crippen LogP contribution in [0.2, 0.25) is 0 Å². The number of halogens is 2. The number of alkyl halides is 2. The second kappa shape index (κ2) is 4.04. The van der Waals surface area contributed by atoms with Crippen LogP contribution in [-0.4, -0.2) is 12.5 Å². The van der Waals surface area contributed by atoms with Crippen molar-refractivity contribution in [2.75, 3.05) is 6.54 Å². The van der Waals surface area contributed by atoms with Crippen LogP contribution in [0.5, 0.6) is 0 Å². The van der Waals surface area contributed by atoms with Crippen LogP contribution in [0, 0.1) is 18.4 Å². The van der Waals surface area contributed by atoms with Gasteiger partial charge in [0.25, 0.3) is 0 Å². The molecule has 3 heteroatoms. The summed E-state index contributed by atoms with van der Waals surface area (Å²) < 4.78 is 25.7. The molecule has 0 aromatic rings. The number of nitrogens with zero attached hydrogens (tertiary/aromatic N) is 1. The summed E-state index contributed by atoms with van der Waals surface area (Å²) >= 11 is 0. The molecule has 1 nitrogen and oxygen atoms in total. The van der Waals surface area contributed by atoms with Crippen molar-refractivity contribution in [2.24, 2.45) is 11.8 Å². The third kappa shape index (κ3) is 2.95. The summed E-state index contributed by atoms with van der Waals surface area (Å²) in [6.07, 6.45) is 2.78. The SMILES string of the molecule is [C-]#[N+]CC1CCC(C(C)(F)F)CC1. The normalized spacial score (nSPS) is 29.7. The van der Waals surface area contributed by atoms with Gasteiger partial charge < -0.3 is 4.85 Å². The van der Waals surface area contributed by atoms with Crippen LogP contribution in [0.15, 0.2) is 0 Å². The molecule has 13 heavy (non-hydrogen) atoms. The fourth-order valence-electron chi connectivity index (χ4n) is 1.98. The first-order chi connectivity index (χ1) is 6.04. The topological polar surface area (TPSA) is 4.36 Å². The van der Waals surface area contributed by atoms with Gasteiger partial charge in [-0.1, -0.05) is 0 Å². The number of hydrogen-bond acceptors (Lipinski definition) is 0. The maximum atomic E-state index is 12.9. The Morgan fingerprint density at radius 2 is 1.85 bits per heavy atom. The molecule has 0 bridgehead atoms. The molecule has 74 valence electrons. The highest BCUT2D eigenvalue weighted by atomic mass is 19.3. The lowest BCUT2D eigenvalue weighted by molar-refractivity contribution is -0.0570. The van der Waals surface area contributed by atoms with E-state index >= 15 is 0 Å². The van der Waals surface area contributed by atoms with Gasteiger partial charge in [0.2, 0.25) is 12.5 Å². The van der Waals surface area contributed by atoms with Crippen molar-refractivity contribution >= 4 is 0 Å². The van der Waals surface area contributed by atoms with Gasteiger partial charge in [0.1, 0.15) is 0 Å². The van der Waals surface area contributed by atoms with Gasteiger partial charge in [0.15, 0.2) is 0 Å². The number of rotatable bonds is 2. The van der Waals surface area contributed by atoms with Crippen LogP contribution in [0.3, 0.4) is 0 Å². The van der Waals surface area contributed by atoms with Gasteiger partial charge in [-0.3, -0.25) is 0 Å². The Labute approximate surface area is 78.0 Å². The molecule has 0 spiro atoms. The predicted octanol–water partition coefficient (Wildman–Crippen LogP) is 3.37. The number of hydrogen-bond donors (Lipinski definition) is 0. The van der Waals surface area contributed by atoms with E-state index in [1.807, 2.05) is 0 Å². The van der Waals surface area contributed by atoms with E-state index in [1.54, 1.807) is 0 Å². The van der Waals surface area contributed by atoms with E-state index in [9.17, 15) is 8.78 Å². The quantitative estimate of drug-likeness (QED) is 0.584. The smallest absolute Gasteiger partial charge is 0.248 e. The Bertz CT molecular complexity index is 194. The van der Waals surface area contributed by atoms with Crippen molar-refractivity contribution in [1.29, 1.82) is 0 Å². The van der Waals surface area contributed by atoms with Gasteiger partial charge in [0.05, 0.1) is 0 Å². The molecule has 0 aliphatic heterocycles. The molecule has 0 N–H and O–H groups in total. The first-order valence-electron chi connectivity index (χ1n) is 4.75. The highest BCUT2D eigenvalue weighted by molar-refractivity contribution is 4.82. The van der Waals surface area contributed by atoms with Crippen molar-refractivity contribution in [3.63, 3.8) is 0 Å². The highest BCUT2D eigenvalue weighted by Crippen LogP contribution is 2.38. The largest absolute Gasteiger partial charge is 0.317 e. The summed E-state index contributed by atoms with van der Waals surface area (Å²) in [5.41, 5.74) is 0. The summed E-state index contributed by atoms with van der Waals surface area (Å²) in [5.74, 6) is -2.60. The van der Waals surface area contributed by atoms with E-state index in [0.29, 0.717) is 25.3 Å². The fourth-order valence-corrected chi connectivity index (χ4v) is 1.98. The minimum absolute atomic E-state index is 0.371. The standard InChI is InChI=1S/C10H15F2N/c1-10(11,12)9-5-3-8(4-6-9)7-13-2/h8-9H,3-7H2,1H3. The molecule has 1 saturated carbocycles. The summed E-state index contributed by atoms with van der Waals surface area (Å²) in [5, 5.41) is 0. The molecule has 1 aliphatic carbocycles. The predicted molar refractivity (Wildman–Crippen MR) is 47.5 cm³/mol. The average molecular weight is 187 g/mol. The first kappa shape index (κ1) is 10.4. The molecular formula is C10H15F2N. The zero-order chi connectivity index (χ0) is 9.90. The maximum absolute atomic E-state index is 12.9. The molecule has 1 rings (SSSR count). The zero-order valence-corrected chi connectivity index (χ0v) is 7.89. The van der Waals surface area contributed by atoms with Crippen LogP contribution >= 0.6 is 0 Å². The van der Waals surface area contributed by atoms with Gasteiger partial charge in [-0.2, -0.15) is 0 Å². The van der Waals surface area contributed by atoms with E-state index in [2.05, 4.69) is 4.85 Å². The molecule has 1 aliphatic rings. The third-order valence-electron chi connectivity index (χ3n) is 2.91. The second-order valence-corrected chi connectivity index (χ2v) is 4.01. The van der Waals surface area contributed by atoms with E-state index in [4.69, 9.17) is 6.57 Å². The van der Waals surface area contributed by atoms with Gasteiger partial charge in [0, 0.05) is 11.8 Å². The Hall–Kier alpha value is -0.650. The van der Waals surface area contributed by atoms with Gasteiger partial charge in [-0.05, 0) is 32.6 Å². The summed E-state index contributed by atoms with van der Waals surface area (Å²) in [4.78, 5) is 3.31. The van der Waals surface area contributed by atoms with Crippen LogP contribution in [0.4, 0.5) is 8.78 Å². The van der Waals surface area contributed by atoms with Crippen molar-refractivity contribution in [3.05, 3.63) is 11.4 Å². The molecule has 0 unspecified atom stereocenters. The maximum Gasteiger partial charge on any atom is 0.248 e. The lowest BCUT2D eigenvalue weighted by Gasteiger charge is -2.29. The highest BCUT2D eigenvalue weighted by Gasteiger charge is 2.37. The van der Waals surface area contributed by atoms with Gasteiger partial charge >= 0.3 is 0 Å². The molecule has 0 heterocycles. The van der Waals surface area contributed by atoms with Crippen LogP contribution < -0.4 is 0 Å². The van der Waals surface area contributed by atoms with Gasteiger partial charge in [-0.15, -0.1) is 0 Å². The fraction of sp³-hybridized carbons (Fsp3) is 0.900. The lowest BCUT2D eigenvalue weighted by atomic mass is 9.79. The molecule has 0 aromatic heterocycles. The zero-order valence-electron chi connectivity index (χ0n) is 7.89. The summed E-state index contributed by atoms with van der Waals surface area (Å²) in [6, 6.07) is 0. The molecule has 0 radical (unpaired) electrons. The molecule has 0 saturated heterocycles. The summed E-state index contributed by atoms with van der Waals surface area (Å²) in [6.45, 7) is 8.21.